The van der Waals surface area contributed by atoms with Crippen LogP contribution in [0, 0.1) is 5.41 Å². The molecule has 0 aromatic carbocycles. The van der Waals surface area contributed by atoms with Gasteiger partial charge in [0.15, 0.2) is 0 Å². The van der Waals surface area contributed by atoms with Crippen LogP contribution < -0.4 is 5.73 Å². The zero-order valence-electron chi connectivity index (χ0n) is 17.4. The third kappa shape index (κ3) is 4.46. The number of aromatic nitrogens is 1. The summed E-state index contributed by atoms with van der Waals surface area (Å²) in [6.45, 7) is 3.92. The van der Waals surface area contributed by atoms with E-state index in [9.17, 15) is 9.59 Å². The minimum absolute atomic E-state index is 0.0677. The molecule has 4 heterocycles. The molecule has 1 spiro atoms. The lowest BCUT2D eigenvalue weighted by molar-refractivity contribution is -0.144. The predicted octanol–water partition coefficient (Wildman–Crippen LogP) is 0.887. The first-order valence-electron chi connectivity index (χ1n) is 10.9. The van der Waals surface area contributed by atoms with E-state index < -0.39 is 0 Å². The first-order chi connectivity index (χ1) is 14.0. The monoisotopic (exact) mass is 399 g/mol. The van der Waals surface area contributed by atoms with Gasteiger partial charge in [-0.1, -0.05) is 6.07 Å². The molecule has 2 amide bonds. The number of nitrogens with two attached hydrogens (primary N) is 1. The molecular weight excluding hydrogens is 366 g/mol. The Morgan fingerprint density at radius 1 is 1.28 bits per heavy atom. The average Bonchev–Trinajstić information content (AvgIpc) is 3.08. The summed E-state index contributed by atoms with van der Waals surface area (Å²) >= 11 is 0. The molecule has 2 N–H and O–H groups in total. The van der Waals surface area contributed by atoms with Gasteiger partial charge in [0.2, 0.25) is 11.8 Å². The molecule has 0 saturated carbocycles. The van der Waals surface area contributed by atoms with Gasteiger partial charge in [0.05, 0.1) is 6.04 Å². The summed E-state index contributed by atoms with van der Waals surface area (Å²) in [7, 11) is 1.99. The maximum absolute atomic E-state index is 13.0. The molecule has 0 bridgehead atoms. The summed E-state index contributed by atoms with van der Waals surface area (Å²) in [6.07, 6.45) is 6.88. The number of carbonyl (C=O) groups excluding carboxylic acids is 2. The summed E-state index contributed by atoms with van der Waals surface area (Å²) in [5, 5.41) is 0. The van der Waals surface area contributed by atoms with Crippen molar-refractivity contribution in [3.8, 4) is 0 Å². The second-order valence-electron chi connectivity index (χ2n) is 9.16. The van der Waals surface area contributed by atoms with Crippen molar-refractivity contribution >= 4 is 11.8 Å². The van der Waals surface area contributed by atoms with Crippen LogP contribution in [0.2, 0.25) is 0 Å². The second kappa shape index (κ2) is 8.40. The molecule has 1 aromatic rings. The van der Waals surface area contributed by atoms with Crippen LogP contribution in [-0.4, -0.2) is 83.4 Å². The fraction of sp³-hybridized carbons (Fsp3) is 0.682. The number of carbonyl (C=O) groups is 2. The minimum Gasteiger partial charge on any atom is -0.342 e. The van der Waals surface area contributed by atoms with Gasteiger partial charge in [0.25, 0.3) is 0 Å². The Labute approximate surface area is 173 Å². The molecule has 3 aliphatic rings. The van der Waals surface area contributed by atoms with Gasteiger partial charge in [-0.15, -0.1) is 0 Å². The van der Waals surface area contributed by atoms with Crippen molar-refractivity contribution in [3.05, 3.63) is 30.1 Å². The van der Waals surface area contributed by atoms with E-state index in [0.29, 0.717) is 6.42 Å². The van der Waals surface area contributed by atoms with Crippen LogP contribution in [0.5, 0.6) is 0 Å². The van der Waals surface area contributed by atoms with E-state index >= 15 is 0 Å². The highest BCUT2D eigenvalue weighted by molar-refractivity contribution is 5.82. The van der Waals surface area contributed by atoms with Crippen LogP contribution in [0.25, 0.3) is 0 Å². The van der Waals surface area contributed by atoms with E-state index in [1.807, 2.05) is 35.0 Å². The summed E-state index contributed by atoms with van der Waals surface area (Å²) in [6, 6.07) is 5.95. The topological polar surface area (TPSA) is 82.8 Å². The van der Waals surface area contributed by atoms with Crippen molar-refractivity contribution in [2.24, 2.45) is 11.1 Å². The summed E-state index contributed by atoms with van der Waals surface area (Å²) in [4.78, 5) is 36.0. The first kappa shape index (κ1) is 20.3. The van der Waals surface area contributed by atoms with Crippen LogP contribution in [0.4, 0.5) is 0 Å². The molecule has 3 aliphatic heterocycles. The van der Waals surface area contributed by atoms with Crippen molar-refractivity contribution in [3.63, 3.8) is 0 Å². The summed E-state index contributed by atoms with van der Waals surface area (Å²) in [5.74, 6) is 0.487. The molecule has 7 heteroatoms. The lowest BCUT2D eigenvalue weighted by atomic mass is 9.72. The molecule has 7 nitrogen and oxygen atoms in total. The molecular formula is C22H33N5O2. The highest BCUT2D eigenvalue weighted by Crippen LogP contribution is 2.40. The normalized spacial score (nSPS) is 27.6. The Bertz CT molecular complexity index is 732. The predicted molar refractivity (Wildman–Crippen MR) is 111 cm³/mol. The Kier molecular flexibility index (Phi) is 5.88. The lowest BCUT2D eigenvalue weighted by Gasteiger charge is -2.48. The van der Waals surface area contributed by atoms with Gasteiger partial charge in [0.1, 0.15) is 0 Å². The number of amides is 2. The van der Waals surface area contributed by atoms with Crippen molar-refractivity contribution < 1.29 is 9.59 Å². The Morgan fingerprint density at radius 2 is 2.07 bits per heavy atom. The SMILES string of the molecule is CN1C[C@@H](N)C[C@H]1C(=O)N1CCC2(CCC(=O)N(CCc3ccccn3)C2)CC1. The van der Waals surface area contributed by atoms with Crippen LogP contribution in [0.1, 0.15) is 37.8 Å². The molecule has 0 unspecified atom stereocenters. The Balaban J connectivity index is 1.32. The number of piperidine rings is 2. The molecule has 0 radical (unpaired) electrons. The molecule has 158 valence electrons. The average molecular weight is 400 g/mol. The van der Waals surface area contributed by atoms with Crippen molar-refractivity contribution in [2.75, 3.05) is 39.8 Å². The molecule has 3 saturated heterocycles. The third-order valence-electron chi connectivity index (χ3n) is 7.11. The number of nitrogens with zero attached hydrogens (tertiary/aromatic N) is 4. The lowest BCUT2D eigenvalue weighted by Crippen LogP contribution is -2.54. The van der Waals surface area contributed by atoms with Gasteiger partial charge in [-0.3, -0.25) is 19.5 Å². The largest absolute Gasteiger partial charge is 0.342 e. The van der Waals surface area contributed by atoms with Crippen LogP contribution in [0.15, 0.2) is 24.4 Å². The van der Waals surface area contributed by atoms with Crippen molar-refractivity contribution in [1.82, 2.24) is 19.7 Å². The van der Waals surface area contributed by atoms with Gasteiger partial charge in [-0.05, 0) is 50.3 Å². The number of likely N-dealkylation sites (N-methyl/N-ethyl adjacent to an activating group) is 1. The molecule has 29 heavy (non-hydrogen) atoms. The highest BCUT2D eigenvalue weighted by Gasteiger charge is 2.43. The van der Waals surface area contributed by atoms with E-state index in [4.69, 9.17) is 5.73 Å². The Hall–Kier alpha value is -1.99. The number of rotatable bonds is 4. The Morgan fingerprint density at radius 3 is 2.72 bits per heavy atom. The van der Waals surface area contributed by atoms with Gasteiger partial charge >= 0.3 is 0 Å². The van der Waals surface area contributed by atoms with Crippen molar-refractivity contribution in [1.29, 1.82) is 0 Å². The standard InChI is InChI=1S/C22H33N5O2/c1-25-15-17(23)14-19(25)21(29)26-12-8-22(9-13-26)7-5-20(28)27(16-22)11-6-18-4-2-3-10-24-18/h2-4,10,17,19H,5-9,11-16,23H2,1H3/t17-,19-/m0/s1. The first-order valence-corrected chi connectivity index (χ1v) is 10.9. The molecule has 0 aliphatic carbocycles. The summed E-state index contributed by atoms with van der Waals surface area (Å²) in [5.41, 5.74) is 7.23. The van der Waals surface area contributed by atoms with E-state index in [-0.39, 0.29) is 29.3 Å². The number of likely N-dealkylation sites (tertiary alicyclic amines) is 3. The summed E-state index contributed by atoms with van der Waals surface area (Å²) < 4.78 is 0. The molecule has 1 aromatic heterocycles. The highest BCUT2D eigenvalue weighted by atomic mass is 16.2. The van der Waals surface area contributed by atoms with Crippen LogP contribution >= 0.6 is 0 Å². The maximum atomic E-state index is 13.0. The van der Waals surface area contributed by atoms with E-state index in [1.165, 1.54) is 0 Å². The van der Waals surface area contributed by atoms with Gasteiger partial charge in [0, 0.05) is 63.5 Å². The van der Waals surface area contributed by atoms with Crippen LogP contribution in [0.3, 0.4) is 0 Å². The van der Waals surface area contributed by atoms with Gasteiger partial charge in [-0.2, -0.15) is 0 Å². The number of hydrogen-bond donors (Lipinski definition) is 1. The fourth-order valence-corrected chi connectivity index (χ4v) is 5.25. The van der Waals surface area contributed by atoms with E-state index in [0.717, 1.165) is 70.5 Å². The van der Waals surface area contributed by atoms with Crippen molar-refractivity contribution in [2.45, 2.75) is 50.6 Å². The van der Waals surface area contributed by atoms with Gasteiger partial charge in [-0.25, -0.2) is 0 Å². The third-order valence-corrected chi connectivity index (χ3v) is 7.11. The zero-order valence-corrected chi connectivity index (χ0v) is 17.4. The number of hydrogen-bond acceptors (Lipinski definition) is 5. The minimum atomic E-state index is -0.0677. The quantitative estimate of drug-likeness (QED) is 0.813. The van der Waals surface area contributed by atoms with Crippen LogP contribution in [-0.2, 0) is 16.0 Å². The zero-order chi connectivity index (χ0) is 20.4. The fourth-order valence-electron chi connectivity index (χ4n) is 5.25. The molecule has 2 atom stereocenters. The maximum Gasteiger partial charge on any atom is 0.239 e. The van der Waals surface area contributed by atoms with Gasteiger partial charge < -0.3 is 15.5 Å². The molecule has 4 rings (SSSR count). The molecule has 3 fully saturated rings. The number of pyridine rings is 1. The van der Waals surface area contributed by atoms with E-state index in [2.05, 4.69) is 9.88 Å². The second-order valence-corrected chi connectivity index (χ2v) is 9.16. The smallest absolute Gasteiger partial charge is 0.239 e. The van der Waals surface area contributed by atoms with E-state index in [1.54, 1.807) is 6.20 Å².